The topological polar surface area (TPSA) is 47.4 Å². The monoisotopic (exact) mass is 357 g/mol. The van der Waals surface area contributed by atoms with Gasteiger partial charge in [0.05, 0.1) is 17.6 Å². The van der Waals surface area contributed by atoms with E-state index in [0.29, 0.717) is 25.2 Å². The molecule has 0 radical (unpaired) electrons. The van der Waals surface area contributed by atoms with Gasteiger partial charge in [0, 0.05) is 20.2 Å². The summed E-state index contributed by atoms with van der Waals surface area (Å²) in [5.41, 5.74) is 0.509. The molecule has 2 aromatic rings. The number of rotatable bonds is 7. The maximum absolute atomic E-state index is 13.3. The van der Waals surface area contributed by atoms with Crippen LogP contribution in [0.1, 0.15) is 19.7 Å². The lowest BCUT2D eigenvalue weighted by atomic mass is 10.2. The summed E-state index contributed by atoms with van der Waals surface area (Å²) in [4.78, 5) is 17.8. The summed E-state index contributed by atoms with van der Waals surface area (Å²) in [6.07, 6.45) is -4.63. The summed E-state index contributed by atoms with van der Waals surface area (Å²) in [6.45, 7) is 4.60. The number of halogens is 3. The van der Waals surface area contributed by atoms with Gasteiger partial charge in [0.2, 0.25) is 11.7 Å². The Morgan fingerprint density at radius 1 is 1.32 bits per heavy atom. The zero-order valence-electron chi connectivity index (χ0n) is 14.5. The van der Waals surface area contributed by atoms with Crippen LogP contribution in [0.25, 0.3) is 11.0 Å². The number of carbonyl (C=O) groups excluding carboxylic acids is 1. The van der Waals surface area contributed by atoms with E-state index in [9.17, 15) is 18.0 Å². The maximum atomic E-state index is 13.3. The summed E-state index contributed by atoms with van der Waals surface area (Å²) in [6, 6.07) is 6.28. The third-order valence-corrected chi connectivity index (χ3v) is 3.71. The number of aromatic nitrogens is 2. The third-order valence-electron chi connectivity index (χ3n) is 3.71. The van der Waals surface area contributed by atoms with E-state index in [4.69, 9.17) is 4.74 Å². The molecule has 0 N–H and O–H groups in total. The molecule has 1 heterocycles. The first-order chi connectivity index (χ1) is 11.7. The van der Waals surface area contributed by atoms with E-state index in [1.165, 1.54) is 24.1 Å². The number of hydrogen-bond acceptors (Lipinski definition) is 3. The first-order valence-electron chi connectivity index (χ1n) is 8.03. The van der Waals surface area contributed by atoms with Crippen LogP contribution in [-0.2, 0) is 22.3 Å². The van der Waals surface area contributed by atoms with Crippen molar-refractivity contribution in [2.24, 2.45) is 5.92 Å². The van der Waals surface area contributed by atoms with Crippen molar-refractivity contribution in [3.05, 3.63) is 30.1 Å². The molecule has 2 rings (SSSR count). The van der Waals surface area contributed by atoms with Crippen LogP contribution in [0.3, 0.4) is 0 Å². The van der Waals surface area contributed by atoms with Crippen LogP contribution in [0.4, 0.5) is 13.2 Å². The Balaban J connectivity index is 2.35. The van der Waals surface area contributed by atoms with Gasteiger partial charge in [-0.1, -0.05) is 26.0 Å². The molecule has 25 heavy (non-hydrogen) atoms. The molecule has 1 aromatic carbocycles. The lowest BCUT2D eigenvalue weighted by molar-refractivity contribution is -0.148. The van der Waals surface area contributed by atoms with Gasteiger partial charge in [0.15, 0.2) is 0 Å². The van der Waals surface area contributed by atoms with E-state index in [0.717, 1.165) is 4.57 Å². The Morgan fingerprint density at radius 2 is 2.00 bits per heavy atom. The van der Waals surface area contributed by atoms with Gasteiger partial charge in [-0.2, -0.15) is 13.2 Å². The Kier molecular flexibility index (Phi) is 6.05. The van der Waals surface area contributed by atoms with Gasteiger partial charge < -0.3 is 14.2 Å². The molecule has 5 nitrogen and oxygen atoms in total. The van der Waals surface area contributed by atoms with Crippen molar-refractivity contribution in [3.63, 3.8) is 0 Å². The molecule has 0 spiro atoms. The van der Waals surface area contributed by atoms with Crippen molar-refractivity contribution < 1.29 is 22.7 Å². The molecule has 0 aliphatic heterocycles. The molecule has 1 amide bonds. The molecule has 0 bridgehead atoms. The molecule has 0 aliphatic carbocycles. The van der Waals surface area contributed by atoms with Crippen LogP contribution in [0.15, 0.2) is 24.3 Å². The van der Waals surface area contributed by atoms with Gasteiger partial charge >= 0.3 is 6.18 Å². The summed E-state index contributed by atoms with van der Waals surface area (Å²) in [5, 5.41) is 0. The number of benzene rings is 1. The van der Waals surface area contributed by atoms with Crippen LogP contribution >= 0.6 is 0 Å². The second kappa shape index (κ2) is 7.86. The quantitative estimate of drug-likeness (QED) is 0.765. The van der Waals surface area contributed by atoms with E-state index in [-0.39, 0.29) is 17.3 Å². The van der Waals surface area contributed by atoms with Gasteiger partial charge in [-0.25, -0.2) is 4.98 Å². The lowest BCUT2D eigenvalue weighted by Gasteiger charge is -2.25. The average molecular weight is 357 g/mol. The van der Waals surface area contributed by atoms with Crippen molar-refractivity contribution in [2.45, 2.75) is 26.6 Å². The van der Waals surface area contributed by atoms with Crippen LogP contribution in [0.5, 0.6) is 0 Å². The van der Waals surface area contributed by atoms with Gasteiger partial charge in [0.1, 0.15) is 6.54 Å². The van der Waals surface area contributed by atoms with Gasteiger partial charge in [0.25, 0.3) is 0 Å². The van der Waals surface area contributed by atoms with E-state index in [2.05, 4.69) is 4.98 Å². The minimum Gasteiger partial charge on any atom is -0.383 e. The highest BCUT2D eigenvalue weighted by atomic mass is 19.4. The summed E-state index contributed by atoms with van der Waals surface area (Å²) >= 11 is 0. The molecule has 0 saturated heterocycles. The molecule has 0 saturated carbocycles. The normalized spacial score (nSPS) is 12.1. The first-order valence-corrected chi connectivity index (χ1v) is 8.03. The third kappa shape index (κ3) is 4.72. The second-order valence-corrected chi connectivity index (χ2v) is 6.23. The molecule has 0 aliphatic rings. The number of carbonyl (C=O) groups is 1. The number of nitrogens with zero attached hydrogens (tertiary/aromatic N) is 3. The number of hydrogen-bond donors (Lipinski definition) is 0. The average Bonchev–Trinajstić information content (AvgIpc) is 2.90. The highest BCUT2D eigenvalue weighted by Gasteiger charge is 2.38. The van der Waals surface area contributed by atoms with Crippen LogP contribution in [0.2, 0.25) is 0 Å². The molecular weight excluding hydrogens is 335 g/mol. The van der Waals surface area contributed by atoms with Gasteiger partial charge in [-0.3, -0.25) is 4.79 Å². The first kappa shape index (κ1) is 19.2. The zero-order valence-corrected chi connectivity index (χ0v) is 14.5. The zero-order chi connectivity index (χ0) is 18.6. The predicted molar refractivity (Wildman–Crippen MR) is 88.0 cm³/mol. The SMILES string of the molecule is COCCN(CC(C)C)C(=O)Cn1c(C(F)(F)F)nc2ccccc21. The summed E-state index contributed by atoms with van der Waals surface area (Å²) < 4.78 is 45.9. The maximum Gasteiger partial charge on any atom is 0.449 e. The molecule has 0 atom stereocenters. The Morgan fingerprint density at radius 3 is 2.60 bits per heavy atom. The fraction of sp³-hybridized carbons (Fsp3) is 0.529. The number of methoxy groups -OCH3 is 1. The smallest absolute Gasteiger partial charge is 0.383 e. The predicted octanol–water partition coefficient (Wildman–Crippen LogP) is 3.19. The molecule has 8 heteroatoms. The van der Waals surface area contributed by atoms with E-state index in [1.807, 2.05) is 13.8 Å². The van der Waals surface area contributed by atoms with E-state index >= 15 is 0 Å². The fourth-order valence-corrected chi connectivity index (χ4v) is 2.65. The molecule has 0 unspecified atom stereocenters. The number of amides is 1. The fourth-order valence-electron chi connectivity index (χ4n) is 2.65. The minimum atomic E-state index is -4.63. The largest absolute Gasteiger partial charge is 0.449 e. The standard InChI is InChI=1S/C17H22F3N3O2/c1-12(2)10-22(8-9-25-3)15(24)11-23-14-7-5-4-6-13(14)21-16(23)17(18,19)20/h4-7,12H,8-11H2,1-3H3. The summed E-state index contributed by atoms with van der Waals surface area (Å²) in [7, 11) is 1.52. The Hall–Kier alpha value is -2.09. The molecule has 0 fully saturated rings. The van der Waals surface area contributed by atoms with Crippen LogP contribution in [-0.4, -0.2) is 47.2 Å². The minimum absolute atomic E-state index is 0.197. The van der Waals surface area contributed by atoms with E-state index in [1.54, 1.807) is 12.1 Å². The lowest BCUT2D eigenvalue weighted by Crippen LogP contribution is -2.39. The van der Waals surface area contributed by atoms with Gasteiger partial charge in [-0.15, -0.1) is 0 Å². The number of ether oxygens (including phenoxy) is 1. The second-order valence-electron chi connectivity index (χ2n) is 6.23. The van der Waals surface area contributed by atoms with Crippen molar-refractivity contribution in [2.75, 3.05) is 26.8 Å². The van der Waals surface area contributed by atoms with Crippen LogP contribution < -0.4 is 0 Å². The molecule has 138 valence electrons. The number of fused-ring (bicyclic) bond motifs is 1. The van der Waals surface area contributed by atoms with E-state index < -0.39 is 18.5 Å². The molecular formula is C17H22F3N3O2. The number of alkyl halides is 3. The number of para-hydroxylation sites is 2. The Bertz CT molecular complexity index is 725. The molecule has 1 aromatic heterocycles. The van der Waals surface area contributed by atoms with Crippen molar-refractivity contribution in [3.8, 4) is 0 Å². The number of imidazole rings is 1. The van der Waals surface area contributed by atoms with Crippen molar-refractivity contribution >= 4 is 16.9 Å². The van der Waals surface area contributed by atoms with Gasteiger partial charge in [-0.05, 0) is 18.1 Å². The van der Waals surface area contributed by atoms with Crippen LogP contribution in [0, 0.1) is 5.92 Å². The van der Waals surface area contributed by atoms with Crippen molar-refractivity contribution in [1.82, 2.24) is 14.5 Å². The highest BCUT2D eigenvalue weighted by molar-refractivity contribution is 5.81. The Labute approximate surface area is 144 Å². The summed E-state index contributed by atoms with van der Waals surface area (Å²) in [5.74, 6) is -1.25. The van der Waals surface area contributed by atoms with Crippen molar-refractivity contribution in [1.29, 1.82) is 0 Å². The highest BCUT2D eigenvalue weighted by Crippen LogP contribution is 2.31.